The van der Waals surface area contributed by atoms with Crippen molar-refractivity contribution in [2.45, 2.75) is 31.9 Å². The molecule has 2 rings (SSSR count). The van der Waals surface area contributed by atoms with Crippen molar-refractivity contribution < 1.29 is 9.53 Å². The number of carbonyl (C=O) groups excluding carboxylic acids is 1. The fourth-order valence-corrected chi connectivity index (χ4v) is 2.50. The number of hydrogen-bond acceptors (Lipinski definition) is 3. The average molecular weight is 297 g/mol. The van der Waals surface area contributed by atoms with Gasteiger partial charge in [-0.3, -0.25) is 4.79 Å². The van der Waals surface area contributed by atoms with Crippen LogP contribution in [-0.4, -0.2) is 31.7 Å². The molecule has 1 aromatic rings. The smallest absolute Gasteiger partial charge is 0.234 e. The fraction of sp³-hybridized carbons (Fsp3) is 0.533. The number of benzene rings is 1. The summed E-state index contributed by atoms with van der Waals surface area (Å²) in [6.07, 6.45) is 2.45. The van der Waals surface area contributed by atoms with Gasteiger partial charge in [0.05, 0.1) is 18.7 Å². The molecule has 0 aromatic heterocycles. The normalized spacial score (nSPS) is 19.8. The van der Waals surface area contributed by atoms with Crippen molar-refractivity contribution >= 4 is 17.5 Å². The summed E-state index contributed by atoms with van der Waals surface area (Å²) in [5.74, 6) is -0.0181. The molecule has 20 heavy (non-hydrogen) atoms. The number of nitrogens with one attached hydrogen (secondary N) is 2. The van der Waals surface area contributed by atoms with E-state index in [9.17, 15) is 4.79 Å². The van der Waals surface area contributed by atoms with Gasteiger partial charge in [-0.15, -0.1) is 0 Å². The van der Waals surface area contributed by atoms with Crippen LogP contribution < -0.4 is 10.6 Å². The summed E-state index contributed by atoms with van der Waals surface area (Å²) in [6.45, 7) is 3.83. The highest BCUT2D eigenvalue weighted by molar-refractivity contribution is 6.30. The molecule has 1 aliphatic rings. The van der Waals surface area contributed by atoms with E-state index >= 15 is 0 Å². The average Bonchev–Trinajstić information content (AvgIpc) is 2.92. The standard InChI is InChI=1S/C15H21ClN2O2/c1-11(12-4-2-5-13(16)8-12)18-15(19)10-17-9-14-6-3-7-20-14/h2,4-5,8,11,14,17H,3,6-7,9-10H2,1H3,(H,18,19). The largest absolute Gasteiger partial charge is 0.377 e. The van der Waals surface area contributed by atoms with Gasteiger partial charge < -0.3 is 15.4 Å². The molecule has 1 aromatic carbocycles. The monoisotopic (exact) mass is 296 g/mol. The molecule has 1 saturated heterocycles. The molecule has 5 heteroatoms. The molecule has 2 atom stereocenters. The molecule has 110 valence electrons. The molecule has 1 heterocycles. The maximum Gasteiger partial charge on any atom is 0.234 e. The van der Waals surface area contributed by atoms with E-state index in [1.807, 2.05) is 31.2 Å². The molecule has 2 unspecified atom stereocenters. The second kappa shape index (κ2) is 7.62. The van der Waals surface area contributed by atoms with E-state index in [1.165, 1.54) is 0 Å². The third-order valence-electron chi connectivity index (χ3n) is 3.41. The fourth-order valence-electron chi connectivity index (χ4n) is 2.30. The Balaban J connectivity index is 1.70. The van der Waals surface area contributed by atoms with Crippen molar-refractivity contribution in [2.75, 3.05) is 19.7 Å². The summed E-state index contributed by atoms with van der Waals surface area (Å²) in [7, 11) is 0. The Hall–Kier alpha value is -1.10. The summed E-state index contributed by atoms with van der Waals surface area (Å²) < 4.78 is 5.49. The Kier molecular flexibility index (Phi) is 5.83. The molecule has 1 fully saturated rings. The van der Waals surface area contributed by atoms with E-state index < -0.39 is 0 Å². The van der Waals surface area contributed by atoms with Gasteiger partial charge in [0, 0.05) is 18.2 Å². The first-order valence-corrected chi connectivity index (χ1v) is 7.40. The van der Waals surface area contributed by atoms with Crippen molar-refractivity contribution in [1.29, 1.82) is 0 Å². The second-order valence-electron chi connectivity index (χ2n) is 5.11. The van der Waals surface area contributed by atoms with Crippen LogP contribution in [0.1, 0.15) is 31.4 Å². The number of carbonyl (C=O) groups is 1. The number of hydrogen-bond donors (Lipinski definition) is 2. The first-order chi connectivity index (χ1) is 9.65. The Labute approximate surface area is 124 Å². The molecule has 0 radical (unpaired) electrons. The predicted molar refractivity (Wildman–Crippen MR) is 79.9 cm³/mol. The lowest BCUT2D eigenvalue weighted by atomic mass is 10.1. The first kappa shape index (κ1) is 15.3. The van der Waals surface area contributed by atoms with Crippen LogP contribution in [0.25, 0.3) is 0 Å². The molecule has 1 amide bonds. The third-order valence-corrected chi connectivity index (χ3v) is 3.64. The molecule has 2 N–H and O–H groups in total. The van der Waals surface area contributed by atoms with Gasteiger partial charge >= 0.3 is 0 Å². The summed E-state index contributed by atoms with van der Waals surface area (Å²) in [6, 6.07) is 7.48. The maximum atomic E-state index is 11.8. The summed E-state index contributed by atoms with van der Waals surface area (Å²) in [5, 5.41) is 6.76. The first-order valence-electron chi connectivity index (χ1n) is 7.02. The lowest BCUT2D eigenvalue weighted by Gasteiger charge is -2.16. The van der Waals surface area contributed by atoms with Crippen molar-refractivity contribution in [3.05, 3.63) is 34.9 Å². The number of rotatable bonds is 6. The lowest BCUT2D eigenvalue weighted by Crippen LogP contribution is -2.38. The van der Waals surface area contributed by atoms with Crippen LogP contribution in [0.4, 0.5) is 0 Å². The highest BCUT2D eigenvalue weighted by atomic mass is 35.5. The van der Waals surface area contributed by atoms with Gasteiger partial charge in [0.25, 0.3) is 0 Å². The highest BCUT2D eigenvalue weighted by Gasteiger charge is 2.15. The van der Waals surface area contributed by atoms with E-state index in [0.29, 0.717) is 11.6 Å². The van der Waals surface area contributed by atoms with Crippen LogP contribution >= 0.6 is 11.6 Å². The van der Waals surface area contributed by atoms with Gasteiger partial charge in [-0.05, 0) is 37.5 Å². The minimum absolute atomic E-state index is 0.0181. The van der Waals surface area contributed by atoms with Gasteiger partial charge in [-0.2, -0.15) is 0 Å². The summed E-state index contributed by atoms with van der Waals surface area (Å²) >= 11 is 5.94. The zero-order chi connectivity index (χ0) is 14.4. The quantitative estimate of drug-likeness (QED) is 0.847. The molecule has 0 spiro atoms. The molecule has 1 aliphatic heterocycles. The summed E-state index contributed by atoms with van der Waals surface area (Å²) in [5.41, 5.74) is 1.00. The van der Waals surface area contributed by atoms with Gasteiger partial charge in [-0.1, -0.05) is 23.7 Å². The maximum absolute atomic E-state index is 11.8. The van der Waals surface area contributed by atoms with Gasteiger partial charge in [-0.25, -0.2) is 0 Å². The molecule has 0 bridgehead atoms. The van der Waals surface area contributed by atoms with E-state index in [2.05, 4.69) is 10.6 Å². The lowest BCUT2D eigenvalue weighted by molar-refractivity contribution is -0.120. The molecular weight excluding hydrogens is 276 g/mol. The van der Waals surface area contributed by atoms with E-state index in [1.54, 1.807) is 0 Å². The minimum atomic E-state index is -0.0502. The SMILES string of the molecule is CC(NC(=O)CNCC1CCCO1)c1cccc(Cl)c1. The zero-order valence-corrected chi connectivity index (χ0v) is 12.5. The molecular formula is C15H21ClN2O2. The number of amides is 1. The van der Waals surface area contributed by atoms with E-state index in [0.717, 1.165) is 31.6 Å². The van der Waals surface area contributed by atoms with Crippen molar-refractivity contribution in [3.63, 3.8) is 0 Å². The minimum Gasteiger partial charge on any atom is -0.377 e. The van der Waals surface area contributed by atoms with Crippen LogP contribution in [0.2, 0.25) is 5.02 Å². The highest BCUT2D eigenvalue weighted by Crippen LogP contribution is 2.17. The molecule has 4 nitrogen and oxygen atoms in total. The van der Waals surface area contributed by atoms with Crippen LogP contribution in [0, 0.1) is 0 Å². The Morgan fingerprint density at radius 3 is 3.10 bits per heavy atom. The van der Waals surface area contributed by atoms with Crippen LogP contribution in [0.3, 0.4) is 0 Å². The van der Waals surface area contributed by atoms with Crippen LogP contribution in [0.5, 0.6) is 0 Å². The van der Waals surface area contributed by atoms with Crippen LogP contribution in [-0.2, 0) is 9.53 Å². The molecule has 0 saturated carbocycles. The Morgan fingerprint density at radius 1 is 1.55 bits per heavy atom. The van der Waals surface area contributed by atoms with Gasteiger partial charge in [0.2, 0.25) is 5.91 Å². The third kappa shape index (κ3) is 4.78. The van der Waals surface area contributed by atoms with Crippen molar-refractivity contribution in [3.8, 4) is 0 Å². The molecule has 0 aliphatic carbocycles. The topological polar surface area (TPSA) is 50.4 Å². The van der Waals surface area contributed by atoms with E-state index in [-0.39, 0.29) is 18.1 Å². The van der Waals surface area contributed by atoms with E-state index in [4.69, 9.17) is 16.3 Å². The number of halogens is 1. The van der Waals surface area contributed by atoms with Gasteiger partial charge in [0.1, 0.15) is 0 Å². The Bertz CT molecular complexity index is 447. The van der Waals surface area contributed by atoms with Gasteiger partial charge in [0.15, 0.2) is 0 Å². The second-order valence-corrected chi connectivity index (χ2v) is 5.55. The van der Waals surface area contributed by atoms with Crippen molar-refractivity contribution in [2.24, 2.45) is 0 Å². The number of ether oxygens (including phenoxy) is 1. The summed E-state index contributed by atoms with van der Waals surface area (Å²) in [4.78, 5) is 11.8. The van der Waals surface area contributed by atoms with Crippen LogP contribution in [0.15, 0.2) is 24.3 Å². The van der Waals surface area contributed by atoms with Crippen molar-refractivity contribution in [1.82, 2.24) is 10.6 Å². The Morgan fingerprint density at radius 2 is 2.40 bits per heavy atom. The zero-order valence-electron chi connectivity index (χ0n) is 11.7. The predicted octanol–water partition coefficient (Wildman–Crippen LogP) is 2.29.